The van der Waals surface area contributed by atoms with Crippen LogP contribution < -0.4 is 56.1 Å². The van der Waals surface area contributed by atoms with Crippen LogP contribution in [0.1, 0.15) is 21.5 Å². The molecule has 4 nitrogen and oxygen atoms in total. The summed E-state index contributed by atoms with van der Waals surface area (Å²) in [6.07, 6.45) is 2.10. The molecule has 0 spiro atoms. The molecule has 0 amide bonds. The summed E-state index contributed by atoms with van der Waals surface area (Å²) in [4.78, 5) is 21.2. The normalized spacial score (nSPS) is 9.36. The smallest absolute Gasteiger partial charge is 0.504 e. The molecule has 3 aromatic rings. The van der Waals surface area contributed by atoms with E-state index < -0.39 is 11.6 Å². The third-order valence-corrected chi connectivity index (χ3v) is 3.69. The summed E-state index contributed by atoms with van der Waals surface area (Å²) in [6, 6.07) is 16.5. The molecule has 138 valence electrons. The summed E-state index contributed by atoms with van der Waals surface area (Å²) in [5.74, 6) is -0.677. The minimum atomic E-state index is -0.880. The van der Waals surface area contributed by atoms with E-state index in [1.165, 1.54) is 12.1 Å². The molecule has 0 radical (unpaired) electrons. The van der Waals surface area contributed by atoms with Crippen molar-refractivity contribution in [2.75, 3.05) is 7.11 Å². The first-order valence-electron chi connectivity index (χ1n) is 7.90. The largest absolute Gasteiger partial charge is 1.00 e. The van der Waals surface area contributed by atoms with Crippen molar-refractivity contribution in [3.8, 4) is 22.6 Å². The number of halogens is 1. The topological polar surface area (TPSA) is 63.6 Å². The quantitative estimate of drug-likeness (QED) is 0.406. The number of carbonyl (C=O) groups is 1. The second-order valence-electron chi connectivity index (χ2n) is 5.54. The molecule has 0 aromatic heterocycles. The fourth-order valence-electron chi connectivity index (χ4n) is 2.26. The molecule has 3 rings (SSSR count). The predicted molar refractivity (Wildman–Crippen MR) is 101 cm³/mol. The number of phenols is 1. The van der Waals surface area contributed by atoms with Gasteiger partial charge in [-0.2, -0.15) is 42.3 Å². The van der Waals surface area contributed by atoms with E-state index in [2.05, 4.69) is 6.92 Å². The van der Waals surface area contributed by atoms with Gasteiger partial charge in [0.1, 0.15) is 0 Å². The van der Waals surface area contributed by atoms with E-state index in [1.54, 1.807) is 31.6 Å². The molecule has 0 unspecified atom stereocenters. The molecule has 0 aliphatic carbocycles. The summed E-state index contributed by atoms with van der Waals surface area (Å²) in [6.45, 7) is 3.74. The maximum atomic E-state index is 13.4. The van der Waals surface area contributed by atoms with Crippen LogP contribution in [-0.2, 0) is 4.79 Å². The standard InChI is InChI=1S/C14H8FO3.C8H9O.K/c15-13-6-11(5-12(8-17)14(13)18)10-3-1-2-9(4-10)7-16;1-7-3-5-8(9-2)6-4-7;/h1-6,8,18H;3-6H,1H2,2H3;/q2*-1;+1. The van der Waals surface area contributed by atoms with Crippen molar-refractivity contribution in [2.45, 2.75) is 0 Å². The Hall–Kier alpha value is -1.96. The first kappa shape index (κ1) is 24.1. The number of aromatic hydroxyl groups is 1. The molecule has 0 saturated carbocycles. The molecule has 0 bridgehead atoms. The maximum absolute atomic E-state index is 13.4. The molecule has 0 heterocycles. The Kier molecular flexibility index (Phi) is 10.1. The number of hydrogen-bond acceptors (Lipinski definition) is 4. The van der Waals surface area contributed by atoms with Crippen LogP contribution in [0, 0.1) is 12.7 Å². The van der Waals surface area contributed by atoms with Crippen molar-refractivity contribution in [3.63, 3.8) is 0 Å². The molecule has 1 N–H and O–H groups in total. The van der Waals surface area contributed by atoms with Crippen LogP contribution in [0.15, 0.2) is 60.7 Å². The van der Waals surface area contributed by atoms with E-state index in [1.807, 2.05) is 24.3 Å². The second-order valence-corrected chi connectivity index (χ2v) is 5.54. The molecular weight excluding hydrogens is 386 g/mol. The number of ether oxygens (including phenoxy) is 1. The summed E-state index contributed by atoms with van der Waals surface area (Å²) >= 11 is 0. The Morgan fingerprint density at radius 1 is 1.07 bits per heavy atom. The van der Waals surface area contributed by atoms with Gasteiger partial charge in [0.25, 0.3) is 0 Å². The monoisotopic (exact) mass is 403 g/mol. The molecule has 3 aromatic carbocycles. The van der Waals surface area contributed by atoms with Gasteiger partial charge in [-0.1, -0.05) is 23.8 Å². The maximum Gasteiger partial charge on any atom is 1.00 e. The number of aldehydes is 1. The van der Waals surface area contributed by atoms with Crippen LogP contribution in [0.5, 0.6) is 11.5 Å². The molecule has 0 aliphatic heterocycles. The van der Waals surface area contributed by atoms with E-state index in [0.717, 1.165) is 17.4 Å². The Balaban J connectivity index is 0.000000332. The minimum absolute atomic E-state index is 0. The van der Waals surface area contributed by atoms with Crippen LogP contribution in [-0.4, -0.2) is 24.8 Å². The Morgan fingerprint density at radius 2 is 1.75 bits per heavy atom. The van der Waals surface area contributed by atoms with Gasteiger partial charge in [-0.15, -0.1) is 6.07 Å². The van der Waals surface area contributed by atoms with Crippen molar-refractivity contribution in [1.82, 2.24) is 0 Å². The molecule has 0 aliphatic rings. The summed E-state index contributed by atoms with van der Waals surface area (Å²) < 4.78 is 18.3. The van der Waals surface area contributed by atoms with E-state index in [4.69, 9.17) is 4.74 Å². The molecule has 28 heavy (non-hydrogen) atoms. The molecular formula is C22H17FKO4-. The summed E-state index contributed by atoms with van der Waals surface area (Å²) in [5, 5.41) is 9.30. The zero-order valence-corrected chi connectivity index (χ0v) is 18.7. The van der Waals surface area contributed by atoms with Crippen molar-refractivity contribution in [1.29, 1.82) is 0 Å². The van der Waals surface area contributed by atoms with Crippen LogP contribution in [0.25, 0.3) is 11.1 Å². The van der Waals surface area contributed by atoms with Crippen LogP contribution >= 0.6 is 0 Å². The Morgan fingerprint density at radius 3 is 2.32 bits per heavy atom. The van der Waals surface area contributed by atoms with Crippen LogP contribution in [0.2, 0.25) is 0 Å². The predicted octanol–water partition coefficient (Wildman–Crippen LogP) is 1.35. The van der Waals surface area contributed by atoms with Crippen LogP contribution in [0.3, 0.4) is 0 Å². The van der Waals surface area contributed by atoms with Crippen molar-refractivity contribution in [2.24, 2.45) is 0 Å². The third kappa shape index (κ3) is 6.58. The van der Waals surface area contributed by atoms with Crippen molar-refractivity contribution >= 4 is 12.6 Å². The van der Waals surface area contributed by atoms with Gasteiger partial charge in [0, 0.05) is 0 Å². The van der Waals surface area contributed by atoms with E-state index >= 15 is 0 Å². The van der Waals surface area contributed by atoms with Gasteiger partial charge in [0.05, 0.1) is 24.7 Å². The molecule has 0 atom stereocenters. The van der Waals surface area contributed by atoms with E-state index in [9.17, 15) is 19.1 Å². The first-order valence-corrected chi connectivity index (χ1v) is 7.90. The van der Waals surface area contributed by atoms with Gasteiger partial charge in [-0.3, -0.25) is 4.79 Å². The summed E-state index contributed by atoms with van der Waals surface area (Å²) in [7, 11) is 1.65. The first-order chi connectivity index (χ1) is 13.0. The SMILES string of the molecule is O=[C-]c1cccc(-c2cc(F)c(O)c(C=O)c2)c1.[CH2-]c1ccc(OC)cc1.[K+]. The minimum Gasteiger partial charge on any atom is -0.504 e. The second kappa shape index (κ2) is 11.8. The van der Waals surface area contributed by atoms with Gasteiger partial charge in [0.15, 0.2) is 17.9 Å². The van der Waals surface area contributed by atoms with Gasteiger partial charge in [-0.25, -0.2) is 4.39 Å². The average molecular weight is 403 g/mol. The zero-order chi connectivity index (χ0) is 19.8. The van der Waals surface area contributed by atoms with Gasteiger partial charge < -0.3 is 14.6 Å². The van der Waals surface area contributed by atoms with Crippen molar-refractivity contribution in [3.05, 3.63) is 90.1 Å². The summed E-state index contributed by atoms with van der Waals surface area (Å²) in [5.41, 5.74) is 2.18. The van der Waals surface area contributed by atoms with E-state index in [-0.39, 0.29) is 56.9 Å². The number of phenolic OH excluding ortho intramolecular Hbond substituents is 1. The average Bonchev–Trinajstić information content (AvgIpc) is 2.71. The van der Waals surface area contributed by atoms with Gasteiger partial charge in [0.2, 0.25) is 0 Å². The zero-order valence-electron chi connectivity index (χ0n) is 15.6. The number of methoxy groups -OCH3 is 1. The molecule has 0 saturated heterocycles. The van der Waals surface area contributed by atoms with Crippen LogP contribution in [0.4, 0.5) is 4.39 Å². The third-order valence-electron chi connectivity index (χ3n) is 3.69. The van der Waals surface area contributed by atoms with Crippen molar-refractivity contribution < 1.29 is 75.2 Å². The fraction of sp³-hybridized carbons (Fsp3) is 0.0455. The van der Waals surface area contributed by atoms with E-state index in [0.29, 0.717) is 23.0 Å². The number of rotatable bonds is 4. The molecule has 0 fully saturated rings. The Labute approximate surface area is 205 Å². The Bertz CT molecular complexity index is 940. The molecule has 6 heteroatoms. The fourth-order valence-corrected chi connectivity index (χ4v) is 2.26. The van der Waals surface area contributed by atoms with Gasteiger partial charge >= 0.3 is 51.4 Å². The number of hydrogen-bond donors (Lipinski definition) is 1. The number of benzene rings is 3. The van der Waals surface area contributed by atoms with Gasteiger partial charge in [-0.05, 0) is 17.7 Å². The number of carbonyl (C=O) groups excluding carboxylic acids is 2.